The van der Waals surface area contributed by atoms with Crippen molar-refractivity contribution in [1.82, 2.24) is 4.90 Å². The van der Waals surface area contributed by atoms with E-state index in [2.05, 4.69) is 6.07 Å². The molecule has 2 rings (SSSR count). The first-order chi connectivity index (χ1) is 10.4. The highest BCUT2D eigenvalue weighted by molar-refractivity contribution is 5.68. The summed E-state index contributed by atoms with van der Waals surface area (Å²) in [6, 6.07) is 8.44. The largest absolute Gasteiger partial charge is 0.443 e. The molecule has 1 aliphatic rings. The van der Waals surface area contributed by atoms with Gasteiger partial charge in [0.2, 0.25) is 0 Å². The second-order valence-electron chi connectivity index (χ2n) is 6.32. The topological polar surface area (TPSA) is 53.3 Å². The summed E-state index contributed by atoms with van der Waals surface area (Å²) in [4.78, 5) is 13.9. The van der Waals surface area contributed by atoms with E-state index in [1.54, 1.807) is 17.0 Å². The van der Waals surface area contributed by atoms with Crippen molar-refractivity contribution in [2.24, 2.45) is 5.92 Å². The summed E-state index contributed by atoms with van der Waals surface area (Å²) in [5.41, 5.74) is 0.253. The van der Waals surface area contributed by atoms with E-state index in [1.807, 2.05) is 13.8 Å². The Balaban J connectivity index is 1.89. The van der Waals surface area contributed by atoms with Crippen LogP contribution in [0.2, 0.25) is 0 Å². The number of nitriles is 1. The number of hydrogen-bond donors (Lipinski definition) is 0. The van der Waals surface area contributed by atoms with E-state index in [4.69, 9.17) is 10.00 Å². The van der Waals surface area contributed by atoms with Crippen LogP contribution in [-0.2, 0) is 11.2 Å². The third-order valence-electron chi connectivity index (χ3n) is 3.84. The van der Waals surface area contributed by atoms with Crippen molar-refractivity contribution in [2.45, 2.75) is 38.7 Å². The lowest BCUT2D eigenvalue weighted by Gasteiger charge is -2.33. The SMILES string of the molecule is CC(C)(Cc1ccc(F)cc1)OC(=O)N1CCC(C#N)CC1. The molecule has 1 aromatic rings. The van der Waals surface area contributed by atoms with E-state index >= 15 is 0 Å². The van der Waals surface area contributed by atoms with Crippen molar-refractivity contribution in [3.8, 4) is 6.07 Å². The van der Waals surface area contributed by atoms with Gasteiger partial charge in [0.25, 0.3) is 0 Å². The first kappa shape index (κ1) is 16.3. The number of ether oxygens (including phenoxy) is 1. The van der Waals surface area contributed by atoms with Crippen molar-refractivity contribution in [3.63, 3.8) is 0 Å². The van der Waals surface area contributed by atoms with Gasteiger partial charge in [0.1, 0.15) is 11.4 Å². The van der Waals surface area contributed by atoms with Crippen molar-refractivity contribution in [1.29, 1.82) is 5.26 Å². The fourth-order valence-corrected chi connectivity index (χ4v) is 2.62. The summed E-state index contributed by atoms with van der Waals surface area (Å²) in [6.45, 7) is 4.81. The third-order valence-corrected chi connectivity index (χ3v) is 3.84. The van der Waals surface area contributed by atoms with Crippen LogP contribution in [0, 0.1) is 23.1 Å². The number of carbonyl (C=O) groups is 1. The van der Waals surface area contributed by atoms with Crippen LogP contribution in [0.3, 0.4) is 0 Å². The highest BCUT2D eigenvalue weighted by atomic mass is 19.1. The minimum Gasteiger partial charge on any atom is -0.443 e. The number of carbonyl (C=O) groups excluding carboxylic acids is 1. The Morgan fingerprint density at radius 2 is 1.95 bits per heavy atom. The number of hydrogen-bond acceptors (Lipinski definition) is 3. The van der Waals surface area contributed by atoms with Gasteiger partial charge in [-0.05, 0) is 44.4 Å². The molecule has 0 N–H and O–H groups in total. The minimum absolute atomic E-state index is 0.0382. The smallest absolute Gasteiger partial charge is 0.410 e. The standard InChI is InChI=1S/C17H21FN2O2/c1-17(2,11-13-3-5-15(18)6-4-13)22-16(21)20-9-7-14(12-19)8-10-20/h3-6,14H,7-11H2,1-2H3. The van der Waals surface area contributed by atoms with Crippen LogP contribution in [0.1, 0.15) is 32.3 Å². The fourth-order valence-electron chi connectivity index (χ4n) is 2.62. The van der Waals surface area contributed by atoms with Crippen LogP contribution in [0.5, 0.6) is 0 Å². The average molecular weight is 304 g/mol. The Morgan fingerprint density at radius 3 is 2.50 bits per heavy atom. The molecule has 5 heteroatoms. The molecule has 0 atom stereocenters. The number of likely N-dealkylation sites (tertiary alicyclic amines) is 1. The van der Waals surface area contributed by atoms with Gasteiger partial charge in [-0.25, -0.2) is 9.18 Å². The van der Waals surface area contributed by atoms with E-state index in [0.717, 1.165) is 5.56 Å². The summed E-state index contributed by atoms with van der Waals surface area (Å²) < 4.78 is 18.5. The monoisotopic (exact) mass is 304 g/mol. The fraction of sp³-hybridized carbons (Fsp3) is 0.529. The van der Waals surface area contributed by atoms with E-state index in [-0.39, 0.29) is 17.8 Å². The summed E-state index contributed by atoms with van der Waals surface area (Å²) in [7, 11) is 0. The summed E-state index contributed by atoms with van der Waals surface area (Å²) in [6.07, 6.45) is 1.57. The predicted molar refractivity (Wildman–Crippen MR) is 80.6 cm³/mol. The molecule has 0 spiro atoms. The Kier molecular flexibility index (Phi) is 5.02. The molecule has 0 aromatic heterocycles. The zero-order valence-corrected chi connectivity index (χ0v) is 13.0. The second kappa shape index (κ2) is 6.78. The molecule has 118 valence electrons. The number of amides is 1. The van der Waals surface area contributed by atoms with Gasteiger partial charge in [0, 0.05) is 25.4 Å². The van der Waals surface area contributed by atoms with Gasteiger partial charge in [0.15, 0.2) is 0 Å². The third kappa shape index (κ3) is 4.45. The molecule has 22 heavy (non-hydrogen) atoms. The van der Waals surface area contributed by atoms with E-state index in [0.29, 0.717) is 32.4 Å². The first-order valence-electron chi connectivity index (χ1n) is 7.51. The minimum atomic E-state index is -0.666. The lowest BCUT2D eigenvalue weighted by atomic mass is 9.98. The molecule has 1 aromatic carbocycles. The number of piperidine rings is 1. The molecule has 1 amide bonds. The highest BCUT2D eigenvalue weighted by Crippen LogP contribution is 2.22. The molecule has 1 saturated heterocycles. The molecule has 0 aliphatic carbocycles. The Labute approximate surface area is 130 Å². The number of nitrogens with zero attached hydrogens (tertiary/aromatic N) is 2. The van der Waals surface area contributed by atoms with Gasteiger partial charge in [-0.3, -0.25) is 0 Å². The van der Waals surface area contributed by atoms with Gasteiger partial charge in [-0.15, -0.1) is 0 Å². The van der Waals surface area contributed by atoms with Crippen LogP contribution >= 0.6 is 0 Å². The van der Waals surface area contributed by atoms with E-state index in [9.17, 15) is 9.18 Å². The maximum absolute atomic E-state index is 12.9. The molecular formula is C17H21FN2O2. The number of halogens is 1. The summed E-state index contributed by atoms with van der Waals surface area (Å²) >= 11 is 0. The quantitative estimate of drug-likeness (QED) is 0.858. The van der Waals surface area contributed by atoms with Gasteiger partial charge in [-0.1, -0.05) is 12.1 Å². The molecule has 0 saturated carbocycles. The van der Waals surface area contributed by atoms with Crippen LogP contribution in [0.25, 0.3) is 0 Å². The molecule has 1 heterocycles. The average Bonchev–Trinajstić information content (AvgIpc) is 2.49. The van der Waals surface area contributed by atoms with Crippen LogP contribution in [0.4, 0.5) is 9.18 Å². The maximum atomic E-state index is 12.9. The Morgan fingerprint density at radius 1 is 1.36 bits per heavy atom. The van der Waals surface area contributed by atoms with Gasteiger partial charge >= 0.3 is 6.09 Å². The Bertz CT molecular complexity index is 555. The van der Waals surface area contributed by atoms with Crippen LogP contribution in [0.15, 0.2) is 24.3 Å². The van der Waals surface area contributed by atoms with E-state index in [1.165, 1.54) is 12.1 Å². The Hall–Kier alpha value is -2.09. The molecule has 0 bridgehead atoms. The number of rotatable bonds is 3. The summed E-state index contributed by atoms with van der Waals surface area (Å²) in [5.74, 6) is -0.241. The summed E-state index contributed by atoms with van der Waals surface area (Å²) in [5, 5.41) is 8.87. The van der Waals surface area contributed by atoms with Crippen molar-refractivity contribution in [3.05, 3.63) is 35.6 Å². The van der Waals surface area contributed by atoms with Gasteiger partial charge < -0.3 is 9.64 Å². The van der Waals surface area contributed by atoms with Crippen LogP contribution < -0.4 is 0 Å². The zero-order valence-electron chi connectivity index (χ0n) is 13.0. The zero-order chi connectivity index (χ0) is 16.2. The maximum Gasteiger partial charge on any atom is 0.410 e. The molecule has 1 fully saturated rings. The first-order valence-corrected chi connectivity index (χ1v) is 7.51. The lowest BCUT2D eigenvalue weighted by molar-refractivity contribution is 0.00938. The molecule has 0 radical (unpaired) electrons. The van der Waals surface area contributed by atoms with Crippen molar-refractivity contribution < 1.29 is 13.9 Å². The molecule has 4 nitrogen and oxygen atoms in total. The van der Waals surface area contributed by atoms with Crippen LogP contribution in [-0.4, -0.2) is 29.7 Å². The van der Waals surface area contributed by atoms with Crippen molar-refractivity contribution >= 4 is 6.09 Å². The van der Waals surface area contributed by atoms with Gasteiger partial charge in [0.05, 0.1) is 6.07 Å². The van der Waals surface area contributed by atoms with E-state index < -0.39 is 5.60 Å². The van der Waals surface area contributed by atoms with Crippen molar-refractivity contribution in [2.75, 3.05) is 13.1 Å². The molecule has 1 aliphatic heterocycles. The van der Waals surface area contributed by atoms with Gasteiger partial charge in [-0.2, -0.15) is 5.26 Å². The normalized spacial score (nSPS) is 16.2. The predicted octanol–water partition coefficient (Wildman–Crippen LogP) is 3.52. The molecular weight excluding hydrogens is 283 g/mol. The lowest BCUT2D eigenvalue weighted by Crippen LogP contribution is -2.43. The number of benzene rings is 1. The molecule has 0 unspecified atom stereocenters. The second-order valence-corrected chi connectivity index (χ2v) is 6.32. The highest BCUT2D eigenvalue weighted by Gasteiger charge is 2.29.